The SMILES string of the molecule is COc1cc(/C=N/NC(=O)Cn2c(C)nc3ccccc32)cc(OC)c1OC(C)=O. The fourth-order valence-corrected chi connectivity index (χ4v) is 2.97. The van der Waals surface area contributed by atoms with Crippen LogP contribution in [0.25, 0.3) is 11.0 Å². The van der Waals surface area contributed by atoms with Crippen molar-refractivity contribution < 1.29 is 23.8 Å². The number of carbonyl (C=O) groups excluding carboxylic acids is 2. The molecule has 3 aromatic rings. The van der Waals surface area contributed by atoms with Gasteiger partial charge in [0.25, 0.3) is 5.91 Å². The number of nitrogens with one attached hydrogen (secondary N) is 1. The zero-order chi connectivity index (χ0) is 21.7. The Morgan fingerprint density at radius 2 is 1.83 bits per heavy atom. The first-order valence-electron chi connectivity index (χ1n) is 9.11. The fraction of sp³-hybridized carbons (Fsp3) is 0.238. The summed E-state index contributed by atoms with van der Waals surface area (Å²) in [6.45, 7) is 3.22. The van der Waals surface area contributed by atoms with Crippen LogP contribution in [-0.4, -0.2) is 41.9 Å². The van der Waals surface area contributed by atoms with E-state index in [1.807, 2.05) is 35.8 Å². The molecule has 1 N–H and O–H groups in total. The van der Waals surface area contributed by atoms with Crippen LogP contribution in [0.3, 0.4) is 0 Å². The number of hydrogen-bond acceptors (Lipinski definition) is 7. The van der Waals surface area contributed by atoms with Crippen LogP contribution in [0.15, 0.2) is 41.5 Å². The molecule has 0 spiro atoms. The average molecular weight is 410 g/mol. The Hall–Kier alpha value is -3.88. The molecule has 2 aromatic carbocycles. The Morgan fingerprint density at radius 3 is 2.47 bits per heavy atom. The number of ether oxygens (including phenoxy) is 3. The number of hydrogen-bond donors (Lipinski definition) is 1. The minimum atomic E-state index is -0.498. The average Bonchev–Trinajstić information content (AvgIpc) is 3.03. The summed E-state index contributed by atoms with van der Waals surface area (Å²) in [5.41, 5.74) is 4.80. The van der Waals surface area contributed by atoms with Crippen molar-refractivity contribution in [2.75, 3.05) is 14.2 Å². The molecule has 0 bridgehead atoms. The maximum absolute atomic E-state index is 12.3. The summed E-state index contributed by atoms with van der Waals surface area (Å²) in [6.07, 6.45) is 1.44. The second-order valence-corrected chi connectivity index (χ2v) is 6.38. The highest BCUT2D eigenvalue weighted by Gasteiger charge is 2.16. The molecule has 0 saturated heterocycles. The standard InChI is InChI=1S/C21H22N4O5/c1-13-23-16-7-5-6-8-17(16)25(13)12-20(27)24-22-11-15-9-18(28-3)21(30-14(2)26)19(10-15)29-4/h5-11H,12H2,1-4H3,(H,24,27)/b22-11+. The van der Waals surface area contributed by atoms with Gasteiger partial charge in [0, 0.05) is 12.5 Å². The van der Waals surface area contributed by atoms with Gasteiger partial charge in [-0.2, -0.15) is 5.10 Å². The van der Waals surface area contributed by atoms with E-state index in [1.165, 1.54) is 27.4 Å². The van der Waals surface area contributed by atoms with E-state index in [0.29, 0.717) is 17.1 Å². The van der Waals surface area contributed by atoms with Crippen LogP contribution in [0.2, 0.25) is 0 Å². The fourth-order valence-electron chi connectivity index (χ4n) is 2.97. The summed E-state index contributed by atoms with van der Waals surface area (Å²) < 4.78 is 17.5. The molecule has 0 aliphatic rings. The van der Waals surface area contributed by atoms with Crippen molar-refractivity contribution in [3.8, 4) is 17.2 Å². The van der Waals surface area contributed by atoms with Crippen molar-refractivity contribution in [1.82, 2.24) is 15.0 Å². The van der Waals surface area contributed by atoms with Gasteiger partial charge in [-0.05, 0) is 31.2 Å². The monoisotopic (exact) mass is 410 g/mol. The smallest absolute Gasteiger partial charge is 0.308 e. The van der Waals surface area contributed by atoms with Crippen molar-refractivity contribution in [1.29, 1.82) is 0 Å². The lowest BCUT2D eigenvalue weighted by molar-refractivity contribution is -0.132. The van der Waals surface area contributed by atoms with Gasteiger partial charge < -0.3 is 18.8 Å². The number of methoxy groups -OCH3 is 2. The molecule has 156 valence electrons. The Labute approximate surface area is 173 Å². The van der Waals surface area contributed by atoms with Crippen molar-refractivity contribution >= 4 is 29.1 Å². The van der Waals surface area contributed by atoms with E-state index in [4.69, 9.17) is 14.2 Å². The van der Waals surface area contributed by atoms with Crippen LogP contribution in [-0.2, 0) is 16.1 Å². The third-order valence-electron chi connectivity index (χ3n) is 4.28. The van der Waals surface area contributed by atoms with Gasteiger partial charge in [0.1, 0.15) is 12.4 Å². The second kappa shape index (κ2) is 9.08. The van der Waals surface area contributed by atoms with Crippen LogP contribution in [0.5, 0.6) is 17.2 Å². The van der Waals surface area contributed by atoms with Crippen molar-refractivity contribution in [3.63, 3.8) is 0 Å². The number of esters is 1. The first-order chi connectivity index (χ1) is 14.4. The molecule has 30 heavy (non-hydrogen) atoms. The highest BCUT2D eigenvalue weighted by atomic mass is 16.6. The van der Waals surface area contributed by atoms with Gasteiger partial charge in [-0.3, -0.25) is 9.59 Å². The number of carbonyl (C=O) groups is 2. The second-order valence-electron chi connectivity index (χ2n) is 6.38. The molecule has 1 heterocycles. The van der Waals surface area contributed by atoms with Gasteiger partial charge in [-0.1, -0.05) is 12.1 Å². The lowest BCUT2D eigenvalue weighted by Crippen LogP contribution is -2.23. The van der Waals surface area contributed by atoms with Crippen LogP contribution >= 0.6 is 0 Å². The molecule has 0 aliphatic carbocycles. The number of para-hydroxylation sites is 2. The van der Waals surface area contributed by atoms with Crippen LogP contribution in [0.1, 0.15) is 18.3 Å². The van der Waals surface area contributed by atoms with Gasteiger partial charge in [0.2, 0.25) is 5.75 Å². The molecule has 0 atom stereocenters. The summed E-state index contributed by atoms with van der Waals surface area (Å²) in [5, 5.41) is 4.00. The molecule has 0 aliphatic heterocycles. The molecular weight excluding hydrogens is 388 g/mol. The number of nitrogens with zero attached hydrogens (tertiary/aromatic N) is 3. The van der Waals surface area contributed by atoms with E-state index in [1.54, 1.807) is 12.1 Å². The Kier molecular flexibility index (Phi) is 6.31. The summed E-state index contributed by atoms with van der Waals surface area (Å²) >= 11 is 0. The molecule has 0 saturated carbocycles. The first-order valence-corrected chi connectivity index (χ1v) is 9.11. The Morgan fingerprint density at radius 1 is 1.17 bits per heavy atom. The Balaban J connectivity index is 1.73. The molecule has 0 radical (unpaired) electrons. The third-order valence-corrected chi connectivity index (χ3v) is 4.28. The predicted octanol–water partition coefficient (Wildman–Crippen LogP) is 2.44. The lowest BCUT2D eigenvalue weighted by atomic mass is 10.2. The zero-order valence-electron chi connectivity index (χ0n) is 17.1. The third kappa shape index (κ3) is 4.57. The van der Waals surface area contributed by atoms with E-state index in [2.05, 4.69) is 15.5 Å². The molecule has 1 amide bonds. The number of rotatable bonds is 7. The quantitative estimate of drug-likeness (QED) is 0.278. The van der Waals surface area contributed by atoms with E-state index in [0.717, 1.165) is 16.9 Å². The predicted molar refractivity (Wildman–Crippen MR) is 111 cm³/mol. The Bertz CT molecular complexity index is 1090. The first kappa shape index (κ1) is 20.8. The van der Waals surface area contributed by atoms with Gasteiger partial charge >= 0.3 is 5.97 Å². The van der Waals surface area contributed by atoms with Crippen LogP contribution in [0, 0.1) is 6.92 Å². The van der Waals surface area contributed by atoms with Crippen LogP contribution < -0.4 is 19.6 Å². The van der Waals surface area contributed by atoms with E-state index < -0.39 is 5.97 Å². The molecular formula is C21H22N4O5. The number of imidazole rings is 1. The summed E-state index contributed by atoms with van der Waals surface area (Å²) in [6, 6.07) is 10.8. The van der Waals surface area contributed by atoms with Gasteiger partial charge in [-0.25, -0.2) is 10.4 Å². The lowest BCUT2D eigenvalue weighted by Gasteiger charge is -2.13. The number of aryl methyl sites for hydroxylation is 1. The topological polar surface area (TPSA) is 104 Å². The molecule has 9 nitrogen and oxygen atoms in total. The van der Waals surface area contributed by atoms with Crippen LogP contribution in [0.4, 0.5) is 0 Å². The molecule has 1 aromatic heterocycles. The normalized spacial score (nSPS) is 10.9. The largest absolute Gasteiger partial charge is 0.493 e. The molecule has 3 rings (SSSR count). The number of amides is 1. The van der Waals surface area contributed by atoms with Gasteiger partial charge in [0.15, 0.2) is 11.5 Å². The molecule has 0 unspecified atom stereocenters. The van der Waals surface area contributed by atoms with Crippen molar-refractivity contribution in [3.05, 3.63) is 47.8 Å². The van der Waals surface area contributed by atoms with E-state index in [9.17, 15) is 9.59 Å². The summed E-state index contributed by atoms with van der Waals surface area (Å²) in [7, 11) is 2.89. The minimum Gasteiger partial charge on any atom is -0.493 e. The number of fused-ring (bicyclic) bond motifs is 1. The molecule has 0 fully saturated rings. The maximum Gasteiger partial charge on any atom is 0.308 e. The highest BCUT2D eigenvalue weighted by molar-refractivity contribution is 5.85. The minimum absolute atomic E-state index is 0.0850. The highest BCUT2D eigenvalue weighted by Crippen LogP contribution is 2.38. The van der Waals surface area contributed by atoms with Gasteiger partial charge in [-0.15, -0.1) is 0 Å². The maximum atomic E-state index is 12.3. The number of aromatic nitrogens is 2. The zero-order valence-corrected chi connectivity index (χ0v) is 17.1. The van der Waals surface area contributed by atoms with Gasteiger partial charge in [0.05, 0.1) is 31.5 Å². The molecule has 9 heteroatoms. The number of hydrazone groups is 1. The van der Waals surface area contributed by atoms with E-state index in [-0.39, 0.29) is 18.2 Å². The number of benzene rings is 2. The van der Waals surface area contributed by atoms with Crippen molar-refractivity contribution in [2.24, 2.45) is 5.10 Å². The van der Waals surface area contributed by atoms with E-state index >= 15 is 0 Å². The summed E-state index contributed by atoms with van der Waals surface area (Å²) in [4.78, 5) is 28.1. The summed E-state index contributed by atoms with van der Waals surface area (Å²) in [5.74, 6) is 0.730. The van der Waals surface area contributed by atoms with Crippen molar-refractivity contribution in [2.45, 2.75) is 20.4 Å².